The molecule has 0 aliphatic carbocycles. The molecule has 0 radical (unpaired) electrons. The lowest BCUT2D eigenvalue weighted by atomic mass is 9.98. The topological polar surface area (TPSA) is 77.0 Å². The largest absolute Gasteiger partial charge is 0.337 e. The molecule has 0 unspecified atom stereocenters. The number of thioether (sulfide) groups is 1. The number of nitrogens with two attached hydrogens (primary N) is 1. The summed E-state index contributed by atoms with van der Waals surface area (Å²) in [5.74, 6) is 7.01. The third-order valence-corrected chi connectivity index (χ3v) is 5.84. The minimum Gasteiger partial charge on any atom is -0.337 e. The molecule has 1 aliphatic heterocycles. The zero-order valence-electron chi connectivity index (χ0n) is 14.4. The van der Waals surface area contributed by atoms with Crippen LogP contribution in [0.1, 0.15) is 33.1 Å². The van der Waals surface area contributed by atoms with Crippen molar-refractivity contribution in [2.24, 2.45) is 0 Å². The van der Waals surface area contributed by atoms with Gasteiger partial charge in [0.05, 0.1) is 10.8 Å². The molecule has 1 aliphatic rings. The molecule has 8 heteroatoms. The highest BCUT2D eigenvalue weighted by Gasteiger charge is 2.29. The average molecular weight is 380 g/mol. The molecule has 134 valence electrons. The number of hydrogen-bond acceptors (Lipinski definition) is 5. The number of amides is 1. The van der Waals surface area contributed by atoms with Gasteiger partial charge in [0.2, 0.25) is 11.1 Å². The van der Waals surface area contributed by atoms with E-state index in [4.69, 9.17) is 17.4 Å². The third kappa shape index (κ3) is 3.77. The molecule has 2 atom stereocenters. The van der Waals surface area contributed by atoms with Crippen molar-refractivity contribution in [3.8, 4) is 11.4 Å². The average Bonchev–Trinajstić information content (AvgIpc) is 2.94. The van der Waals surface area contributed by atoms with Gasteiger partial charge in [-0.1, -0.05) is 35.5 Å². The van der Waals surface area contributed by atoms with E-state index in [2.05, 4.69) is 24.0 Å². The summed E-state index contributed by atoms with van der Waals surface area (Å²) in [7, 11) is 0. The lowest BCUT2D eigenvalue weighted by Gasteiger charge is -2.39. The lowest BCUT2D eigenvalue weighted by molar-refractivity contribution is -0.134. The molecule has 1 saturated heterocycles. The summed E-state index contributed by atoms with van der Waals surface area (Å²) < 4.78 is 1.39. The van der Waals surface area contributed by atoms with Crippen molar-refractivity contribution >= 4 is 29.3 Å². The maximum absolute atomic E-state index is 12.6. The highest BCUT2D eigenvalue weighted by molar-refractivity contribution is 7.99. The van der Waals surface area contributed by atoms with Gasteiger partial charge in [-0.3, -0.25) is 4.79 Å². The number of benzene rings is 1. The van der Waals surface area contributed by atoms with Gasteiger partial charge in [0.1, 0.15) is 0 Å². The second-order valence-corrected chi connectivity index (χ2v) is 7.72. The highest BCUT2D eigenvalue weighted by atomic mass is 35.5. The van der Waals surface area contributed by atoms with E-state index in [0.29, 0.717) is 21.8 Å². The van der Waals surface area contributed by atoms with Crippen LogP contribution in [-0.2, 0) is 4.79 Å². The van der Waals surface area contributed by atoms with Gasteiger partial charge in [-0.2, -0.15) is 0 Å². The van der Waals surface area contributed by atoms with Crippen LogP contribution in [0.4, 0.5) is 0 Å². The van der Waals surface area contributed by atoms with Gasteiger partial charge >= 0.3 is 0 Å². The molecular weight excluding hydrogens is 358 g/mol. The Morgan fingerprint density at radius 2 is 1.96 bits per heavy atom. The minimum absolute atomic E-state index is 0.118. The van der Waals surface area contributed by atoms with Crippen molar-refractivity contribution in [3.63, 3.8) is 0 Å². The molecule has 1 fully saturated rings. The van der Waals surface area contributed by atoms with Crippen molar-refractivity contribution < 1.29 is 4.79 Å². The fourth-order valence-electron chi connectivity index (χ4n) is 3.32. The highest BCUT2D eigenvalue weighted by Crippen LogP contribution is 2.28. The Hall–Kier alpha value is -1.73. The van der Waals surface area contributed by atoms with Gasteiger partial charge in [0.15, 0.2) is 5.82 Å². The lowest BCUT2D eigenvalue weighted by Crippen LogP contribution is -2.48. The van der Waals surface area contributed by atoms with Crippen LogP contribution < -0.4 is 5.84 Å². The van der Waals surface area contributed by atoms with Gasteiger partial charge in [0.25, 0.3) is 0 Å². The number of hydrogen-bond donors (Lipinski definition) is 1. The van der Waals surface area contributed by atoms with Crippen LogP contribution in [0.2, 0.25) is 5.02 Å². The molecule has 2 heterocycles. The molecule has 1 aromatic heterocycles. The van der Waals surface area contributed by atoms with Crippen LogP contribution in [-0.4, -0.2) is 43.5 Å². The fraction of sp³-hybridized carbons (Fsp3) is 0.471. The molecule has 2 aromatic rings. The smallest absolute Gasteiger partial charge is 0.233 e. The van der Waals surface area contributed by atoms with Crippen LogP contribution in [0, 0.1) is 0 Å². The molecule has 6 nitrogen and oxygen atoms in total. The maximum Gasteiger partial charge on any atom is 0.233 e. The van der Waals surface area contributed by atoms with Crippen LogP contribution in [0.25, 0.3) is 11.4 Å². The summed E-state index contributed by atoms with van der Waals surface area (Å²) in [4.78, 5) is 14.6. The predicted molar refractivity (Wildman–Crippen MR) is 101 cm³/mol. The first-order valence-corrected chi connectivity index (χ1v) is 9.74. The number of nitrogens with zero attached hydrogens (tertiary/aromatic N) is 4. The van der Waals surface area contributed by atoms with Crippen LogP contribution in [0.3, 0.4) is 0 Å². The Labute approximate surface area is 156 Å². The molecule has 25 heavy (non-hydrogen) atoms. The number of carbonyl (C=O) groups excluding carboxylic acids is 1. The van der Waals surface area contributed by atoms with Crippen molar-refractivity contribution in [2.45, 2.75) is 50.4 Å². The zero-order valence-corrected chi connectivity index (χ0v) is 15.9. The van der Waals surface area contributed by atoms with Gasteiger partial charge in [-0.05, 0) is 45.2 Å². The SMILES string of the molecule is C[C@@H]1CCC[C@@H](C)N1C(=O)CSc1nnc(-c2ccccc2Cl)n1N. The number of halogens is 1. The molecule has 0 spiro atoms. The predicted octanol–water partition coefficient (Wildman–Crippen LogP) is 3.19. The number of carbonyl (C=O) groups is 1. The van der Waals surface area contributed by atoms with E-state index in [1.807, 2.05) is 23.1 Å². The molecule has 1 aromatic carbocycles. The Morgan fingerprint density at radius 3 is 2.64 bits per heavy atom. The maximum atomic E-state index is 12.6. The van der Waals surface area contributed by atoms with Crippen LogP contribution >= 0.6 is 23.4 Å². The first kappa shape index (κ1) is 18.1. The van der Waals surface area contributed by atoms with Crippen molar-refractivity contribution in [2.75, 3.05) is 11.6 Å². The second kappa shape index (κ2) is 7.66. The normalized spacial score (nSPS) is 20.7. The summed E-state index contributed by atoms with van der Waals surface area (Å²) in [6, 6.07) is 7.90. The monoisotopic (exact) mass is 379 g/mol. The van der Waals surface area contributed by atoms with E-state index in [-0.39, 0.29) is 18.0 Å². The van der Waals surface area contributed by atoms with Gasteiger partial charge in [-0.15, -0.1) is 10.2 Å². The minimum atomic E-state index is 0.118. The van der Waals surface area contributed by atoms with Crippen molar-refractivity contribution in [3.05, 3.63) is 29.3 Å². The van der Waals surface area contributed by atoms with Crippen LogP contribution in [0.15, 0.2) is 29.4 Å². The number of rotatable bonds is 4. The van der Waals surface area contributed by atoms with E-state index in [1.54, 1.807) is 6.07 Å². The molecule has 3 rings (SSSR count). The summed E-state index contributed by atoms with van der Waals surface area (Å²) in [6.07, 6.45) is 3.30. The summed E-state index contributed by atoms with van der Waals surface area (Å²) >= 11 is 7.50. The van der Waals surface area contributed by atoms with Crippen molar-refractivity contribution in [1.29, 1.82) is 0 Å². The molecule has 0 bridgehead atoms. The van der Waals surface area contributed by atoms with E-state index in [0.717, 1.165) is 18.4 Å². The van der Waals surface area contributed by atoms with Crippen LogP contribution in [0.5, 0.6) is 0 Å². The number of aromatic nitrogens is 3. The summed E-state index contributed by atoms with van der Waals surface area (Å²) in [6.45, 7) is 4.22. The van der Waals surface area contributed by atoms with E-state index >= 15 is 0 Å². The summed E-state index contributed by atoms with van der Waals surface area (Å²) in [5, 5.41) is 9.30. The Bertz CT molecular complexity index is 755. The summed E-state index contributed by atoms with van der Waals surface area (Å²) in [5.41, 5.74) is 0.718. The Balaban J connectivity index is 1.70. The molecule has 1 amide bonds. The van der Waals surface area contributed by atoms with E-state index in [1.165, 1.54) is 22.9 Å². The van der Waals surface area contributed by atoms with E-state index < -0.39 is 0 Å². The number of piperidine rings is 1. The Kier molecular flexibility index (Phi) is 5.54. The zero-order chi connectivity index (χ0) is 18.0. The molecule has 2 N–H and O–H groups in total. The van der Waals surface area contributed by atoms with Gasteiger partial charge in [-0.25, -0.2) is 4.68 Å². The molecular formula is C17H22ClN5OS. The van der Waals surface area contributed by atoms with Gasteiger partial charge in [0, 0.05) is 17.6 Å². The third-order valence-electron chi connectivity index (χ3n) is 4.59. The second-order valence-electron chi connectivity index (χ2n) is 6.37. The van der Waals surface area contributed by atoms with E-state index in [9.17, 15) is 4.79 Å². The van der Waals surface area contributed by atoms with Gasteiger partial charge < -0.3 is 10.7 Å². The Morgan fingerprint density at radius 1 is 1.28 bits per heavy atom. The van der Waals surface area contributed by atoms with Crippen molar-refractivity contribution in [1.82, 2.24) is 19.8 Å². The fourth-order valence-corrected chi connectivity index (χ4v) is 4.26. The first-order chi connectivity index (χ1) is 12.0. The molecule has 0 saturated carbocycles. The first-order valence-electron chi connectivity index (χ1n) is 8.38. The standard InChI is InChI=1S/C17H22ClN5OS/c1-11-6-5-7-12(2)22(11)15(24)10-25-17-21-20-16(23(17)19)13-8-3-4-9-14(13)18/h3-4,8-9,11-12H,5-7,10,19H2,1-2H3/t11-,12-/m1/s1. The number of nitrogen functional groups attached to an aromatic ring is 1. The number of likely N-dealkylation sites (tertiary alicyclic amines) is 1. The quantitative estimate of drug-likeness (QED) is 0.652.